The summed E-state index contributed by atoms with van der Waals surface area (Å²) in [5.74, 6) is 2.74. The fourth-order valence-electron chi connectivity index (χ4n) is 2.89. The summed E-state index contributed by atoms with van der Waals surface area (Å²) < 4.78 is 21.3. The zero-order valence-corrected chi connectivity index (χ0v) is 14.7. The van der Waals surface area contributed by atoms with E-state index >= 15 is 0 Å². The Morgan fingerprint density at radius 3 is 2.35 bits per heavy atom. The summed E-state index contributed by atoms with van der Waals surface area (Å²) in [5.41, 5.74) is 1.74. The molecule has 4 rings (SSSR count). The minimum absolute atomic E-state index is 0.0906. The molecule has 7 nitrogen and oxygen atoms in total. The number of nitrogens with zero attached hydrogens (tertiary/aromatic N) is 1. The molecule has 2 aromatic carbocycles. The highest BCUT2D eigenvalue weighted by Crippen LogP contribution is 2.34. The summed E-state index contributed by atoms with van der Waals surface area (Å²) in [7, 11) is 1.91. The van der Waals surface area contributed by atoms with E-state index in [-0.39, 0.29) is 25.5 Å². The molecule has 0 saturated carbocycles. The molecular formula is C19H20N2O5. The molecule has 0 radical (unpaired) electrons. The number of amides is 1. The first-order valence-corrected chi connectivity index (χ1v) is 8.39. The summed E-state index contributed by atoms with van der Waals surface area (Å²) in [5, 5.41) is 2.92. The van der Waals surface area contributed by atoms with Crippen LogP contribution in [0.4, 0.5) is 5.69 Å². The van der Waals surface area contributed by atoms with E-state index in [2.05, 4.69) is 5.32 Å². The number of nitrogens with one attached hydrogen (secondary N) is 1. The van der Waals surface area contributed by atoms with Crippen LogP contribution in [-0.4, -0.2) is 37.5 Å². The Balaban J connectivity index is 1.38. The van der Waals surface area contributed by atoms with Crippen LogP contribution in [0.1, 0.15) is 12.5 Å². The number of hydrogen-bond donors (Lipinski definition) is 1. The second-order valence-electron chi connectivity index (χ2n) is 6.34. The largest absolute Gasteiger partial charge is 0.454 e. The van der Waals surface area contributed by atoms with E-state index in [1.807, 2.05) is 37.1 Å². The highest BCUT2D eigenvalue weighted by molar-refractivity contribution is 5.94. The van der Waals surface area contributed by atoms with Crippen molar-refractivity contribution in [2.24, 2.45) is 0 Å². The quantitative estimate of drug-likeness (QED) is 0.888. The Hall–Kier alpha value is -2.93. The summed E-state index contributed by atoms with van der Waals surface area (Å²) in [4.78, 5) is 14.5. The van der Waals surface area contributed by atoms with Gasteiger partial charge < -0.3 is 24.3 Å². The van der Waals surface area contributed by atoms with E-state index in [1.54, 1.807) is 18.2 Å². The van der Waals surface area contributed by atoms with Gasteiger partial charge in [-0.1, -0.05) is 6.07 Å². The Morgan fingerprint density at radius 2 is 1.62 bits per heavy atom. The standard InChI is InChI=1S/C19H20N2O5/c1-12(19(22)20-14-4-6-16-18(8-14)26-11-24-16)21(2)9-13-3-5-15-17(7-13)25-10-23-15/h3-8,12H,9-11H2,1-2H3,(H,20,22)/t12-/m0/s1. The molecule has 0 saturated heterocycles. The molecule has 1 N–H and O–H groups in total. The molecule has 2 aliphatic rings. The van der Waals surface area contributed by atoms with Crippen molar-refractivity contribution in [1.82, 2.24) is 4.90 Å². The molecule has 0 bridgehead atoms. The van der Waals surface area contributed by atoms with Crippen molar-refractivity contribution in [2.45, 2.75) is 19.5 Å². The van der Waals surface area contributed by atoms with Crippen LogP contribution in [0.25, 0.3) is 0 Å². The first-order chi connectivity index (χ1) is 12.6. The predicted octanol–water partition coefficient (Wildman–Crippen LogP) is 2.60. The first kappa shape index (κ1) is 16.5. The second-order valence-corrected chi connectivity index (χ2v) is 6.34. The molecule has 0 unspecified atom stereocenters. The molecule has 0 aliphatic carbocycles. The van der Waals surface area contributed by atoms with E-state index in [0.29, 0.717) is 23.7 Å². The number of carbonyl (C=O) groups excluding carboxylic acids is 1. The van der Waals surface area contributed by atoms with Gasteiger partial charge in [-0.15, -0.1) is 0 Å². The molecule has 1 amide bonds. The average Bonchev–Trinajstić information content (AvgIpc) is 3.28. The first-order valence-electron chi connectivity index (χ1n) is 8.39. The van der Waals surface area contributed by atoms with Crippen molar-refractivity contribution < 1.29 is 23.7 Å². The molecule has 0 spiro atoms. The second kappa shape index (κ2) is 6.76. The van der Waals surface area contributed by atoms with Crippen LogP contribution >= 0.6 is 0 Å². The van der Waals surface area contributed by atoms with Crippen molar-refractivity contribution in [1.29, 1.82) is 0 Å². The third-order valence-corrected chi connectivity index (χ3v) is 4.55. The molecular weight excluding hydrogens is 336 g/mol. The van der Waals surface area contributed by atoms with E-state index < -0.39 is 0 Å². The molecule has 0 aromatic heterocycles. The summed E-state index contributed by atoms with van der Waals surface area (Å²) >= 11 is 0. The zero-order chi connectivity index (χ0) is 18.1. The van der Waals surface area contributed by atoms with Crippen molar-refractivity contribution in [3.63, 3.8) is 0 Å². The van der Waals surface area contributed by atoms with Gasteiger partial charge in [-0.25, -0.2) is 0 Å². The molecule has 2 aliphatic heterocycles. The van der Waals surface area contributed by atoms with E-state index in [1.165, 1.54) is 0 Å². The number of benzene rings is 2. The number of ether oxygens (including phenoxy) is 4. The van der Waals surface area contributed by atoms with Gasteiger partial charge in [-0.05, 0) is 43.8 Å². The van der Waals surface area contributed by atoms with Crippen LogP contribution < -0.4 is 24.3 Å². The monoisotopic (exact) mass is 356 g/mol. The molecule has 0 fully saturated rings. The minimum atomic E-state index is -0.314. The third-order valence-electron chi connectivity index (χ3n) is 4.55. The zero-order valence-electron chi connectivity index (χ0n) is 14.7. The van der Waals surface area contributed by atoms with Crippen LogP contribution in [0.3, 0.4) is 0 Å². The minimum Gasteiger partial charge on any atom is -0.454 e. The Labute approximate surface area is 151 Å². The smallest absolute Gasteiger partial charge is 0.241 e. The lowest BCUT2D eigenvalue weighted by atomic mass is 10.1. The van der Waals surface area contributed by atoms with Gasteiger partial charge in [-0.3, -0.25) is 9.69 Å². The maximum Gasteiger partial charge on any atom is 0.241 e. The maximum absolute atomic E-state index is 12.6. The SMILES string of the molecule is C[C@@H](C(=O)Nc1ccc2c(c1)OCO2)N(C)Cc1ccc2c(c1)OCO2. The topological polar surface area (TPSA) is 69.3 Å². The van der Waals surface area contributed by atoms with Gasteiger partial charge in [0.05, 0.1) is 6.04 Å². The molecule has 136 valence electrons. The molecule has 7 heteroatoms. The number of anilines is 1. The lowest BCUT2D eigenvalue weighted by Gasteiger charge is -2.24. The van der Waals surface area contributed by atoms with Crippen LogP contribution in [0.5, 0.6) is 23.0 Å². The lowest BCUT2D eigenvalue weighted by Crippen LogP contribution is -2.39. The highest BCUT2D eigenvalue weighted by Gasteiger charge is 2.21. The van der Waals surface area contributed by atoms with Gasteiger partial charge in [0.2, 0.25) is 19.5 Å². The van der Waals surface area contributed by atoms with Crippen molar-refractivity contribution >= 4 is 11.6 Å². The average molecular weight is 356 g/mol. The number of carbonyl (C=O) groups is 1. The van der Waals surface area contributed by atoms with E-state index in [0.717, 1.165) is 17.1 Å². The van der Waals surface area contributed by atoms with Gasteiger partial charge in [0.25, 0.3) is 0 Å². The number of hydrogen-bond acceptors (Lipinski definition) is 6. The van der Waals surface area contributed by atoms with Crippen molar-refractivity contribution in [2.75, 3.05) is 26.0 Å². The predicted molar refractivity (Wildman–Crippen MR) is 94.7 cm³/mol. The Bertz CT molecular complexity index is 839. The van der Waals surface area contributed by atoms with E-state index in [9.17, 15) is 4.79 Å². The van der Waals surface area contributed by atoms with Gasteiger partial charge in [0.1, 0.15) is 0 Å². The highest BCUT2D eigenvalue weighted by atomic mass is 16.7. The molecule has 2 aromatic rings. The van der Waals surface area contributed by atoms with Crippen molar-refractivity contribution in [3.8, 4) is 23.0 Å². The fraction of sp³-hybridized carbons (Fsp3) is 0.316. The van der Waals surface area contributed by atoms with Crippen molar-refractivity contribution in [3.05, 3.63) is 42.0 Å². The van der Waals surface area contributed by atoms with Gasteiger partial charge in [-0.2, -0.15) is 0 Å². The molecule has 1 atom stereocenters. The fourth-order valence-corrected chi connectivity index (χ4v) is 2.89. The molecule has 26 heavy (non-hydrogen) atoms. The normalized spacial score (nSPS) is 15.2. The molecule has 2 heterocycles. The number of fused-ring (bicyclic) bond motifs is 2. The van der Waals surface area contributed by atoms with Gasteiger partial charge >= 0.3 is 0 Å². The van der Waals surface area contributed by atoms with Gasteiger partial charge in [0, 0.05) is 18.3 Å². The number of rotatable bonds is 5. The van der Waals surface area contributed by atoms with Gasteiger partial charge in [0.15, 0.2) is 23.0 Å². The van der Waals surface area contributed by atoms with Crippen LogP contribution in [0.2, 0.25) is 0 Å². The Morgan fingerprint density at radius 1 is 1.00 bits per heavy atom. The summed E-state index contributed by atoms with van der Waals surface area (Å²) in [6, 6.07) is 10.9. The van der Waals surface area contributed by atoms with Crippen LogP contribution in [-0.2, 0) is 11.3 Å². The van der Waals surface area contributed by atoms with Crippen LogP contribution in [0, 0.1) is 0 Å². The number of likely N-dealkylation sites (N-methyl/N-ethyl adjacent to an activating group) is 1. The third kappa shape index (κ3) is 3.25. The Kier molecular flexibility index (Phi) is 4.30. The summed E-state index contributed by atoms with van der Waals surface area (Å²) in [6.07, 6.45) is 0. The van der Waals surface area contributed by atoms with E-state index in [4.69, 9.17) is 18.9 Å². The lowest BCUT2D eigenvalue weighted by molar-refractivity contribution is -0.120. The summed E-state index contributed by atoms with van der Waals surface area (Å²) in [6.45, 7) is 2.95. The van der Waals surface area contributed by atoms with Crippen LogP contribution in [0.15, 0.2) is 36.4 Å². The maximum atomic E-state index is 12.6.